The van der Waals surface area contributed by atoms with Crippen molar-refractivity contribution in [2.75, 3.05) is 0 Å². The van der Waals surface area contributed by atoms with Crippen LogP contribution in [0.15, 0.2) is 406 Å². The summed E-state index contributed by atoms with van der Waals surface area (Å²) in [6.07, 6.45) is 0. The molecule has 0 spiro atoms. The van der Waals surface area contributed by atoms with E-state index in [2.05, 4.69) is 427 Å². The van der Waals surface area contributed by atoms with Gasteiger partial charge in [-0.05, 0) is 232 Å². The van der Waals surface area contributed by atoms with Crippen LogP contribution in [0, 0.1) is 0 Å². The van der Waals surface area contributed by atoms with Crippen molar-refractivity contribution in [2.45, 2.75) is 26.2 Å². The highest BCUT2D eigenvalue weighted by Crippen LogP contribution is 2.50. The molecule has 0 aliphatic rings. The van der Waals surface area contributed by atoms with Crippen LogP contribution in [0.5, 0.6) is 0 Å². The number of hydrogen-bond acceptors (Lipinski definition) is 0. The Balaban J connectivity index is 0.000000110. The highest BCUT2D eigenvalue weighted by molar-refractivity contribution is 6.26. The van der Waals surface area contributed by atoms with E-state index in [4.69, 9.17) is 0 Å². The minimum Gasteiger partial charge on any atom is -0.0622 e. The molecule has 0 atom stereocenters. The molecule has 0 saturated carbocycles. The van der Waals surface area contributed by atoms with Crippen molar-refractivity contribution < 1.29 is 0 Å². The number of hydrogen-bond donors (Lipinski definition) is 0. The zero-order valence-corrected chi connectivity index (χ0v) is 60.7. The molecule has 108 heavy (non-hydrogen) atoms. The van der Waals surface area contributed by atoms with Crippen LogP contribution >= 0.6 is 0 Å². The summed E-state index contributed by atoms with van der Waals surface area (Å²) >= 11 is 0. The average Bonchev–Trinajstić information content (AvgIpc) is 0.737. The van der Waals surface area contributed by atoms with Crippen molar-refractivity contribution in [2.24, 2.45) is 0 Å². The van der Waals surface area contributed by atoms with Gasteiger partial charge in [0, 0.05) is 0 Å². The maximum absolute atomic E-state index is 2.45. The fourth-order valence-corrected chi connectivity index (χ4v) is 17.1. The lowest BCUT2D eigenvalue weighted by Gasteiger charge is -2.23. The van der Waals surface area contributed by atoms with E-state index < -0.39 is 0 Å². The summed E-state index contributed by atoms with van der Waals surface area (Å²) < 4.78 is 0. The number of fused-ring (bicyclic) bond motifs is 11. The normalized spacial score (nSPS) is 11.7. The van der Waals surface area contributed by atoms with Crippen molar-refractivity contribution in [1.82, 2.24) is 0 Å². The van der Waals surface area contributed by atoms with Crippen molar-refractivity contribution >= 4 is 118 Å². The van der Waals surface area contributed by atoms with Crippen LogP contribution in [0.25, 0.3) is 196 Å². The number of benzene rings is 21. The fraction of sp³-hybridized carbons (Fsp3) is 0.0370. The molecule has 0 radical (unpaired) electrons. The van der Waals surface area contributed by atoms with Crippen LogP contribution in [0.1, 0.15) is 26.3 Å². The van der Waals surface area contributed by atoms with E-state index in [0.717, 1.165) is 0 Å². The smallest absolute Gasteiger partial charge is 0.00201 e. The second kappa shape index (κ2) is 27.5. The van der Waals surface area contributed by atoms with Crippen LogP contribution < -0.4 is 0 Å². The van der Waals surface area contributed by atoms with Crippen LogP contribution in [-0.2, 0) is 5.41 Å². The van der Waals surface area contributed by atoms with Crippen LogP contribution in [-0.4, -0.2) is 0 Å². The lowest BCUT2D eigenvalue weighted by molar-refractivity contribution is 0.591. The summed E-state index contributed by atoms with van der Waals surface area (Å²) in [5, 5.41) is 28.3. The van der Waals surface area contributed by atoms with Crippen molar-refractivity contribution in [1.29, 1.82) is 0 Å². The first-order chi connectivity index (χ1) is 53.2. The van der Waals surface area contributed by atoms with Gasteiger partial charge in [-0.25, -0.2) is 0 Å². The molecule has 0 heterocycles. The second-order valence-corrected chi connectivity index (χ2v) is 29.7. The molecule has 0 aliphatic heterocycles. The SMILES string of the molecule is CC(C)(C)c1ccc2c(-c3cccc4ccccc34)c3ccccc3c(-c3ccc4ccccc4c3)c2c1.c1ccc(-c2ccc(-c3c4ccccc4c(-c4ccc5ccccc5c4)c4ccccc34)cc2)cc1.c1ccc2cc(-c3c4ccccc4c(-c4cccc5ccccc45)c4ccccc34)ccc2c1. The van der Waals surface area contributed by atoms with Crippen LogP contribution in [0.3, 0.4) is 0 Å². The first-order valence-electron chi connectivity index (χ1n) is 37.7. The van der Waals surface area contributed by atoms with E-state index in [1.54, 1.807) is 0 Å². The largest absolute Gasteiger partial charge is 0.0622 e. The van der Waals surface area contributed by atoms with Gasteiger partial charge in [0.05, 0.1) is 0 Å². The molecule has 0 N–H and O–H groups in total. The summed E-state index contributed by atoms with van der Waals surface area (Å²) in [6.45, 7) is 6.91. The lowest BCUT2D eigenvalue weighted by Crippen LogP contribution is -2.10. The lowest BCUT2D eigenvalue weighted by atomic mass is 9.80. The molecule has 0 fully saturated rings. The Morgan fingerprint density at radius 2 is 0.389 bits per heavy atom. The molecule has 0 heteroatoms. The van der Waals surface area contributed by atoms with Gasteiger partial charge >= 0.3 is 0 Å². The Morgan fingerprint density at radius 1 is 0.139 bits per heavy atom. The predicted molar refractivity (Wildman–Crippen MR) is 469 cm³/mol. The number of rotatable bonds is 7. The maximum atomic E-state index is 2.45. The molecule has 0 bridgehead atoms. The monoisotopic (exact) mass is 1370 g/mol. The average molecular weight is 1370 g/mol. The molecule has 0 saturated heterocycles. The molecule has 0 aromatic heterocycles. The van der Waals surface area contributed by atoms with Crippen molar-refractivity contribution in [3.05, 3.63) is 412 Å². The highest BCUT2D eigenvalue weighted by atomic mass is 14.3. The van der Waals surface area contributed by atoms with Gasteiger partial charge in [-0.3, -0.25) is 0 Å². The molecule has 0 nitrogen and oxygen atoms in total. The minimum atomic E-state index is 0.0557. The third kappa shape index (κ3) is 11.8. The summed E-state index contributed by atoms with van der Waals surface area (Å²) in [5.41, 5.74) is 19.3. The quantitative estimate of drug-likeness (QED) is 0.140. The van der Waals surface area contributed by atoms with Gasteiger partial charge in [0.2, 0.25) is 0 Å². The third-order valence-corrected chi connectivity index (χ3v) is 22.3. The fourth-order valence-electron chi connectivity index (χ4n) is 17.1. The Bertz CT molecular complexity index is 6940. The molecule has 21 rings (SSSR count). The molecular weight excluding hydrogens is 1300 g/mol. The van der Waals surface area contributed by atoms with E-state index >= 15 is 0 Å². The zero-order valence-electron chi connectivity index (χ0n) is 60.7. The molecular formula is C108H76. The van der Waals surface area contributed by atoms with Gasteiger partial charge in [-0.1, -0.05) is 403 Å². The van der Waals surface area contributed by atoms with Gasteiger partial charge < -0.3 is 0 Å². The van der Waals surface area contributed by atoms with E-state index in [9.17, 15) is 0 Å². The Morgan fingerprint density at radius 3 is 0.750 bits per heavy atom. The predicted octanol–water partition coefficient (Wildman–Crippen LogP) is 30.7. The molecule has 508 valence electrons. The van der Waals surface area contributed by atoms with E-state index in [1.165, 1.54) is 202 Å². The molecule has 21 aromatic carbocycles. The minimum absolute atomic E-state index is 0.0557. The Labute approximate surface area is 630 Å². The van der Waals surface area contributed by atoms with E-state index in [0.29, 0.717) is 0 Å². The topological polar surface area (TPSA) is 0 Å². The van der Waals surface area contributed by atoms with Crippen molar-refractivity contribution in [3.63, 3.8) is 0 Å². The maximum Gasteiger partial charge on any atom is -0.00201 e. The third-order valence-electron chi connectivity index (χ3n) is 22.3. The molecule has 0 amide bonds. The molecule has 0 unspecified atom stereocenters. The van der Waals surface area contributed by atoms with E-state index in [1.807, 2.05) is 0 Å². The van der Waals surface area contributed by atoms with Gasteiger partial charge in [-0.2, -0.15) is 0 Å². The molecule has 21 aromatic rings. The summed E-state index contributed by atoms with van der Waals surface area (Å²) in [7, 11) is 0. The van der Waals surface area contributed by atoms with Gasteiger partial charge in [-0.15, -0.1) is 0 Å². The first kappa shape index (κ1) is 65.3. The van der Waals surface area contributed by atoms with Crippen LogP contribution in [0.4, 0.5) is 0 Å². The summed E-state index contributed by atoms with van der Waals surface area (Å²) in [6, 6.07) is 148. The Kier molecular flexibility index (Phi) is 16.6. The van der Waals surface area contributed by atoms with Gasteiger partial charge in [0.1, 0.15) is 0 Å². The zero-order chi connectivity index (χ0) is 72.2. The summed E-state index contributed by atoms with van der Waals surface area (Å²) in [5.74, 6) is 0. The first-order valence-corrected chi connectivity index (χ1v) is 37.7. The van der Waals surface area contributed by atoms with Crippen LogP contribution in [0.2, 0.25) is 0 Å². The van der Waals surface area contributed by atoms with Crippen molar-refractivity contribution in [3.8, 4) is 77.9 Å². The molecule has 0 aliphatic carbocycles. The standard InChI is InChI=1S/C38H30.C36H24.C34H22/c1-38(2,3)29-21-22-34-35(24-29)36(28-20-19-25-11-4-5-13-27(25)23-28)32-16-8-9-17-33(32)37(34)31-18-10-14-26-12-6-7-15-30(26)31;1-2-10-25(11-3-1)27-18-21-28(22-19-27)35-31-14-6-8-16-33(31)36(34-17-9-7-15-32(34)35)30-23-20-26-12-4-5-13-29(26)24-30;1-2-12-25-22-26(21-20-23(25)10-1)33-29-15-5-7-17-31(29)34(32-18-8-6-16-30(32)33)28-19-9-13-24-11-3-4-14-27(24)28/h4-24H,1-3H3;1-24H;1-22H. The van der Waals surface area contributed by atoms with Gasteiger partial charge in [0.25, 0.3) is 0 Å². The summed E-state index contributed by atoms with van der Waals surface area (Å²) in [4.78, 5) is 0. The Hall–Kier alpha value is -13.5. The highest BCUT2D eigenvalue weighted by Gasteiger charge is 2.24. The van der Waals surface area contributed by atoms with Gasteiger partial charge in [0.15, 0.2) is 0 Å². The second-order valence-electron chi connectivity index (χ2n) is 29.7. The van der Waals surface area contributed by atoms with E-state index in [-0.39, 0.29) is 5.41 Å².